The second-order valence-electron chi connectivity index (χ2n) is 11.9. The van der Waals surface area contributed by atoms with Crippen LogP contribution in [0.15, 0.2) is 36.7 Å². The molecule has 1 N–H and O–H groups in total. The first kappa shape index (κ1) is 27.7. The van der Waals surface area contributed by atoms with E-state index in [9.17, 15) is 14.4 Å². The molecule has 214 valence electrons. The topological polar surface area (TPSA) is 98.7 Å². The van der Waals surface area contributed by atoms with E-state index in [1.54, 1.807) is 4.90 Å². The number of carbonyl (C=O) groups excluding carboxylic acids is 3. The number of fused-ring (bicyclic) bond motifs is 3. The molecule has 10 nitrogen and oxygen atoms in total. The Hall–Kier alpha value is -3.82. The highest BCUT2D eigenvalue weighted by atomic mass is 16.6. The number of para-hydroxylation sites is 1. The molecule has 1 aliphatic heterocycles. The lowest BCUT2D eigenvalue weighted by Crippen LogP contribution is -2.51. The molecular formula is C30H40N5O5+. The van der Waals surface area contributed by atoms with Gasteiger partial charge in [-0.1, -0.05) is 18.2 Å². The number of ether oxygens (including phenoxy) is 2. The van der Waals surface area contributed by atoms with E-state index < -0.39 is 17.8 Å². The van der Waals surface area contributed by atoms with Gasteiger partial charge in [0.15, 0.2) is 5.78 Å². The summed E-state index contributed by atoms with van der Waals surface area (Å²) in [4.78, 5) is 40.2. The molecule has 1 aromatic carbocycles. The van der Waals surface area contributed by atoms with Crippen LogP contribution in [-0.2, 0) is 36.2 Å². The Morgan fingerprint density at radius 3 is 2.73 bits per heavy atom. The molecule has 40 heavy (non-hydrogen) atoms. The van der Waals surface area contributed by atoms with Crippen LogP contribution in [0.2, 0.25) is 0 Å². The summed E-state index contributed by atoms with van der Waals surface area (Å²) in [6.07, 6.45) is 6.14. The zero-order chi connectivity index (χ0) is 28.6. The number of ketones is 1. The summed E-state index contributed by atoms with van der Waals surface area (Å²) in [5, 5.41) is 3.89. The minimum Gasteiger partial charge on any atom is -0.444 e. The number of hydrogen-bond acceptors (Lipinski definition) is 5. The van der Waals surface area contributed by atoms with Crippen LogP contribution in [0.5, 0.6) is 0 Å². The Kier molecular flexibility index (Phi) is 7.61. The van der Waals surface area contributed by atoms with Crippen LogP contribution in [0.1, 0.15) is 61.9 Å². The van der Waals surface area contributed by atoms with Gasteiger partial charge in [0.2, 0.25) is 6.73 Å². The van der Waals surface area contributed by atoms with Crippen molar-refractivity contribution in [2.75, 3.05) is 13.1 Å². The lowest BCUT2D eigenvalue weighted by Gasteiger charge is -2.32. The molecule has 10 heteroatoms. The van der Waals surface area contributed by atoms with Crippen molar-refractivity contribution >= 4 is 28.9 Å². The normalized spacial score (nSPS) is 19.4. The quantitative estimate of drug-likeness (QED) is 0.483. The molecule has 3 aromatic rings. The first-order valence-electron chi connectivity index (χ1n) is 14.1. The predicted molar refractivity (Wildman–Crippen MR) is 149 cm³/mol. The third kappa shape index (κ3) is 5.71. The highest BCUT2D eigenvalue weighted by molar-refractivity contribution is 6.11. The molecule has 0 saturated carbocycles. The van der Waals surface area contributed by atoms with Gasteiger partial charge >= 0.3 is 12.2 Å². The minimum absolute atomic E-state index is 0.0738. The van der Waals surface area contributed by atoms with Gasteiger partial charge < -0.3 is 24.3 Å². The van der Waals surface area contributed by atoms with E-state index in [-0.39, 0.29) is 24.5 Å². The first-order chi connectivity index (χ1) is 19.0. The van der Waals surface area contributed by atoms with Crippen molar-refractivity contribution in [2.45, 2.75) is 78.3 Å². The van der Waals surface area contributed by atoms with Gasteiger partial charge in [0.1, 0.15) is 24.5 Å². The number of Topliss-reactive ketones (excluding diaryl/α,β-unsaturated/α-hetero) is 1. The maximum absolute atomic E-state index is 13.6. The number of likely N-dealkylation sites (tertiary alicyclic amines) is 1. The number of hydrogen-bond donors (Lipinski definition) is 1. The van der Waals surface area contributed by atoms with Gasteiger partial charge in [-0.25, -0.2) is 14.2 Å². The largest absolute Gasteiger partial charge is 0.444 e. The fourth-order valence-electron chi connectivity index (χ4n) is 5.89. The van der Waals surface area contributed by atoms with Gasteiger partial charge in [-0.2, -0.15) is 4.57 Å². The Morgan fingerprint density at radius 2 is 1.95 bits per heavy atom. The molecule has 2 atom stereocenters. The number of carbonyl (C=O) groups is 3. The van der Waals surface area contributed by atoms with E-state index in [1.165, 1.54) is 0 Å². The Balaban J connectivity index is 1.17. The van der Waals surface area contributed by atoms with Crippen molar-refractivity contribution in [1.82, 2.24) is 19.4 Å². The van der Waals surface area contributed by atoms with Crippen LogP contribution in [-0.4, -0.2) is 56.7 Å². The number of rotatable bonds is 5. The van der Waals surface area contributed by atoms with E-state index in [2.05, 4.69) is 20.5 Å². The van der Waals surface area contributed by atoms with Crippen molar-refractivity contribution in [3.05, 3.63) is 53.7 Å². The number of alkyl carbamates (subject to hydrolysis) is 1. The molecule has 2 aliphatic rings. The van der Waals surface area contributed by atoms with E-state index in [0.29, 0.717) is 19.6 Å². The van der Waals surface area contributed by atoms with Gasteiger partial charge in [0.05, 0.1) is 5.92 Å². The van der Waals surface area contributed by atoms with Gasteiger partial charge in [-0.3, -0.25) is 4.79 Å². The second-order valence-corrected chi connectivity index (χ2v) is 11.9. The fourth-order valence-corrected chi connectivity index (χ4v) is 5.89. The maximum atomic E-state index is 13.6. The van der Waals surface area contributed by atoms with Crippen LogP contribution < -0.4 is 9.88 Å². The van der Waals surface area contributed by atoms with Crippen molar-refractivity contribution in [3.63, 3.8) is 0 Å². The Morgan fingerprint density at radius 1 is 1.18 bits per heavy atom. The molecular weight excluding hydrogens is 510 g/mol. The maximum Gasteiger partial charge on any atom is 0.413 e. The second kappa shape index (κ2) is 11.0. The average molecular weight is 551 g/mol. The number of benzene rings is 1. The molecule has 1 fully saturated rings. The summed E-state index contributed by atoms with van der Waals surface area (Å²) in [5.41, 5.74) is 2.50. The van der Waals surface area contributed by atoms with E-state index in [0.717, 1.165) is 53.7 Å². The highest BCUT2D eigenvalue weighted by Gasteiger charge is 2.34. The number of aromatic nitrogens is 3. The molecule has 1 aliphatic carbocycles. The predicted octanol–water partition coefficient (Wildman–Crippen LogP) is 4.10. The SMILES string of the molecule is Cc1n(CC2CCc3c(c4ccccc4n3C)C2=O)cc[n+]1COC(=O)N1CCC[C@@H](NC(=O)OC(C)(C)C)C1. The number of nitrogens with zero attached hydrogens (tertiary/aromatic N) is 4. The average Bonchev–Trinajstić information content (AvgIpc) is 3.40. The van der Waals surface area contributed by atoms with Crippen LogP contribution in [0.25, 0.3) is 10.9 Å². The third-order valence-electron chi connectivity index (χ3n) is 7.98. The van der Waals surface area contributed by atoms with Crippen molar-refractivity contribution in [1.29, 1.82) is 0 Å². The van der Waals surface area contributed by atoms with E-state index in [4.69, 9.17) is 9.47 Å². The zero-order valence-electron chi connectivity index (χ0n) is 24.1. The van der Waals surface area contributed by atoms with Crippen molar-refractivity contribution in [2.24, 2.45) is 13.0 Å². The summed E-state index contributed by atoms with van der Waals surface area (Å²) >= 11 is 0. The van der Waals surface area contributed by atoms with E-state index >= 15 is 0 Å². The minimum atomic E-state index is -0.577. The van der Waals surface area contributed by atoms with Crippen LogP contribution in [0.4, 0.5) is 9.59 Å². The van der Waals surface area contributed by atoms with Crippen molar-refractivity contribution in [3.8, 4) is 0 Å². The summed E-state index contributed by atoms with van der Waals surface area (Å²) in [6.45, 7) is 9.03. The van der Waals surface area contributed by atoms with E-state index in [1.807, 2.05) is 69.9 Å². The summed E-state index contributed by atoms with van der Waals surface area (Å²) in [5.74, 6) is 0.999. The lowest BCUT2D eigenvalue weighted by atomic mass is 9.85. The molecule has 0 spiro atoms. The molecule has 2 amide bonds. The number of piperidine rings is 1. The van der Waals surface area contributed by atoms with Gasteiger partial charge in [-0.05, 0) is 52.5 Å². The molecule has 2 aromatic heterocycles. The number of aryl methyl sites for hydroxylation is 1. The Bertz CT molecular complexity index is 1430. The Labute approximate surface area is 234 Å². The van der Waals surface area contributed by atoms with Gasteiger partial charge in [-0.15, -0.1) is 0 Å². The molecule has 1 saturated heterocycles. The lowest BCUT2D eigenvalue weighted by molar-refractivity contribution is -0.732. The van der Waals surface area contributed by atoms with Crippen LogP contribution >= 0.6 is 0 Å². The van der Waals surface area contributed by atoms with Gasteiger partial charge in [0.25, 0.3) is 5.82 Å². The zero-order valence-corrected chi connectivity index (χ0v) is 24.1. The van der Waals surface area contributed by atoms with Crippen LogP contribution in [0, 0.1) is 12.8 Å². The number of amides is 2. The monoisotopic (exact) mass is 550 g/mol. The molecule has 0 bridgehead atoms. The standard InChI is InChI=1S/C30H39N5O5/c1-20-33(17-21-12-13-25-26(27(21)36)23-10-6-7-11-24(23)32(25)5)15-16-35(20)19-39-29(38)34-14-8-9-22(18-34)31-28(37)40-30(2,3)4/h6-7,10-11,15-16,21-22H,8-9,12-14,17-19H2,1-5H3/p+1/t21?,22-/m1/s1. The fraction of sp³-hybridized carbons (Fsp3) is 0.533. The van der Waals surface area contributed by atoms with Gasteiger partial charge in [0, 0.05) is 55.3 Å². The van der Waals surface area contributed by atoms with Crippen molar-refractivity contribution < 1.29 is 28.4 Å². The molecule has 5 rings (SSSR count). The third-order valence-corrected chi connectivity index (χ3v) is 7.98. The first-order valence-corrected chi connectivity index (χ1v) is 14.1. The summed E-state index contributed by atoms with van der Waals surface area (Å²) < 4.78 is 17.1. The summed E-state index contributed by atoms with van der Waals surface area (Å²) in [7, 11) is 2.04. The number of imidazole rings is 1. The molecule has 0 radical (unpaired) electrons. The summed E-state index contributed by atoms with van der Waals surface area (Å²) in [6, 6.07) is 7.92. The van der Waals surface area contributed by atoms with Crippen LogP contribution in [0.3, 0.4) is 0 Å². The number of nitrogens with one attached hydrogen (secondary N) is 1. The molecule has 3 heterocycles. The highest BCUT2D eigenvalue weighted by Crippen LogP contribution is 2.34. The molecule has 1 unspecified atom stereocenters. The smallest absolute Gasteiger partial charge is 0.413 e.